The van der Waals surface area contributed by atoms with Crippen LogP contribution in [-0.2, 0) is 15.6 Å². The number of rotatable bonds is 4. The number of nitrogens with zero attached hydrogens (tertiary/aromatic N) is 1. The van der Waals surface area contributed by atoms with Crippen molar-refractivity contribution >= 4 is 15.8 Å². The molecule has 1 heterocycles. The minimum Gasteiger partial charge on any atom is -0.477 e. The van der Waals surface area contributed by atoms with Crippen LogP contribution in [0, 0.1) is 11.6 Å². The topological polar surface area (TPSA) is 84.3 Å². The van der Waals surface area contributed by atoms with Gasteiger partial charge in [-0.05, 0) is 30.3 Å². The van der Waals surface area contributed by atoms with Crippen molar-refractivity contribution in [3.63, 3.8) is 0 Å². The second-order valence-corrected chi connectivity index (χ2v) is 6.11. The van der Waals surface area contributed by atoms with Crippen LogP contribution in [0.1, 0.15) is 16.2 Å². The number of carbonyl (C=O) groups is 1. The summed E-state index contributed by atoms with van der Waals surface area (Å²) in [6.07, 6.45) is 0. The van der Waals surface area contributed by atoms with Gasteiger partial charge in [0.15, 0.2) is 9.84 Å². The zero-order valence-corrected chi connectivity index (χ0v) is 11.3. The van der Waals surface area contributed by atoms with Crippen LogP contribution in [0.5, 0.6) is 0 Å². The standard InChI is InChI=1S/C13H9F2NO4S/c14-8-4-5-10(15)12(6-8)21(19,20)7-9-2-1-3-11(16-9)13(17)18/h1-6H,7H2,(H,17,18). The van der Waals surface area contributed by atoms with Gasteiger partial charge in [-0.2, -0.15) is 0 Å². The molecule has 0 atom stereocenters. The Hall–Kier alpha value is -2.35. The third-order valence-electron chi connectivity index (χ3n) is 2.59. The van der Waals surface area contributed by atoms with E-state index in [4.69, 9.17) is 5.11 Å². The van der Waals surface area contributed by atoms with Crippen molar-refractivity contribution in [1.82, 2.24) is 4.98 Å². The molecule has 110 valence electrons. The van der Waals surface area contributed by atoms with Gasteiger partial charge in [0, 0.05) is 0 Å². The molecule has 0 bridgehead atoms. The molecule has 2 aromatic rings. The van der Waals surface area contributed by atoms with Gasteiger partial charge in [0.2, 0.25) is 0 Å². The molecule has 1 N–H and O–H groups in total. The number of sulfone groups is 1. The molecule has 0 aliphatic rings. The number of hydrogen-bond donors (Lipinski definition) is 1. The number of benzene rings is 1. The molecular formula is C13H9F2NO4S. The molecule has 2 rings (SSSR count). The molecular weight excluding hydrogens is 304 g/mol. The summed E-state index contributed by atoms with van der Waals surface area (Å²) in [6.45, 7) is 0. The molecule has 0 fully saturated rings. The van der Waals surface area contributed by atoms with Crippen LogP contribution in [-0.4, -0.2) is 24.5 Å². The molecule has 21 heavy (non-hydrogen) atoms. The number of aromatic nitrogens is 1. The summed E-state index contributed by atoms with van der Waals surface area (Å²) < 4.78 is 50.7. The van der Waals surface area contributed by atoms with Gasteiger partial charge >= 0.3 is 5.97 Å². The molecule has 0 aliphatic heterocycles. The van der Waals surface area contributed by atoms with E-state index in [0.29, 0.717) is 12.1 Å². The van der Waals surface area contributed by atoms with Crippen molar-refractivity contribution in [3.8, 4) is 0 Å². The first-order valence-corrected chi connectivity index (χ1v) is 7.32. The fourth-order valence-corrected chi connectivity index (χ4v) is 3.03. The first-order chi connectivity index (χ1) is 9.79. The molecule has 1 aromatic heterocycles. The Morgan fingerprint density at radius 2 is 1.90 bits per heavy atom. The predicted molar refractivity (Wildman–Crippen MR) is 68.4 cm³/mol. The van der Waals surface area contributed by atoms with E-state index >= 15 is 0 Å². The number of aromatic carboxylic acids is 1. The second kappa shape index (κ2) is 5.57. The number of carboxylic acid groups (broad SMARTS) is 1. The van der Waals surface area contributed by atoms with Crippen molar-refractivity contribution in [1.29, 1.82) is 0 Å². The fourth-order valence-electron chi connectivity index (χ4n) is 1.67. The minimum absolute atomic E-state index is 0.0708. The van der Waals surface area contributed by atoms with Crippen LogP contribution >= 0.6 is 0 Å². The molecule has 0 aliphatic carbocycles. The highest BCUT2D eigenvalue weighted by atomic mass is 32.2. The van der Waals surface area contributed by atoms with Gasteiger partial charge in [0.1, 0.15) is 22.2 Å². The lowest BCUT2D eigenvalue weighted by molar-refractivity contribution is 0.0690. The summed E-state index contributed by atoms with van der Waals surface area (Å²) in [5.41, 5.74) is -0.402. The Morgan fingerprint density at radius 1 is 1.19 bits per heavy atom. The normalized spacial score (nSPS) is 11.3. The van der Waals surface area contributed by atoms with E-state index in [1.54, 1.807) is 0 Å². The highest BCUT2D eigenvalue weighted by Crippen LogP contribution is 2.20. The van der Waals surface area contributed by atoms with E-state index in [1.807, 2.05) is 0 Å². The van der Waals surface area contributed by atoms with E-state index < -0.39 is 38.1 Å². The van der Waals surface area contributed by atoms with E-state index in [2.05, 4.69) is 4.98 Å². The molecule has 0 radical (unpaired) electrons. The van der Waals surface area contributed by atoms with Gasteiger partial charge in [-0.15, -0.1) is 0 Å². The Labute approximate surface area is 118 Å². The van der Waals surface area contributed by atoms with Crippen molar-refractivity contribution < 1.29 is 27.1 Å². The van der Waals surface area contributed by atoms with Gasteiger partial charge in [-0.1, -0.05) is 6.07 Å². The maximum Gasteiger partial charge on any atom is 0.354 e. The number of hydrogen-bond acceptors (Lipinski definition) is 4. The van der Waals surface area contributed by atoms with E-state index in [0.717, 1.165) is 6.07 Å². The molecule has 0 saturated heterocycles. The summed E-state index contributed by atoms with van der Waals surface area (Å²) in [4.78, 5) is 13.6. The number of carboxylic acids is 1. The lowest BCUT2D eigenvalue weighted by atomic mass is 10.3. The van der Waals surface area contributed by atoms with Gasteiger partial charge < -0.3 is 5.11 Å². The Morgan fingerprint density at radius 3 is 2.57 bits per heavy atom. The molecule has 0 saturated carbocycles. The molecule has 5 nitrogen and oxygen atoms in total. The smallest absolute Gasteiger partial charge is 0.354 e. The monoisotopic (exact) mass is 313 g/mol. The van der Waals surface area contributed by atoms with Crippen LogP contribution in [0.4, 0.5) is 8.78 Å². The largest absolute Gasteiger partial charge is 0.477 e. The van der Waals surface area contributed by atoms with Crippen LogP contribution in [0.15, 0.2) is 41.3 Å². The Balaban J connectivity index is 2.40. The number of pyridine rings is 1. The van der Waals surface area contributed by atoms with Gasteiger partial charge in [-0.3, -0.25) is 0 Å². The lowest BCUT2D eigenvalue weighted by Gasteiger charge is -2.06. The summed E-state index contributed by atoms with van der Waals surface area (Å²) in [5.74, 6) is -4.01. The van der Waals surface area contributed by atoms with Crippen LogP contribution in [0.25, 0.3) is 0 Å². The lowest BCUT2D eigenvalue weighted by Crippen LogP contribution is -2.10. The van der Waals surface area contributed by atoms with Crippen LogP contribution < -0.4 is 0 Å². The van der Waals surface area contributed by atoms with Crippen molar-refractivity contribution in [2.24, 2.45) is 0 Å². The SMILES string of the molecule is O=C(O)c1cccc(CS(=O)(=O)c2cc(F)ccc2F)n1. The number of halogens is 2. The summed E-state index contributed by atoms with van der Waals surface area (Å²) in [7, 11) is -4.18. The first-order valence-electron chi connectivity index (χ1n) is 5.66. The molecule has 8 heteroatoms. The summed E-state index contributed by atoms with van der Waals surface area (Å²) in [5, 5.41) is 8.78. The maximum absolute atomic E-state index is 13.5. The second-order valence-electron chi connectivity index (χ2n) is 4.15. The zero-order valence-electron chi connectivity index (χ0n) is 10.5. The summed E-state index contributed by atoms with van der Waals surface area (Å²) >= 11 is 0. The van der Waals surface area contributed by atoms with Crippen molar-refractivity contribution in [2.45, 2.75) is 10.6 Å². The highest BCUT2D eigenvalue weighted by Gasteiger charge is 2.22. The zero-order chi connectivity index (χ0) is 15.6. The van der Waals surface area contributed by atoms with E-state index in [9.17, 15) is 22.0 Å². The average Bonchev–Trinajstić information content (AvgIpc) is 2.41. The van der Waals surface area contributed by atoms with Crippen molar-refractivity contribution in [3.05, 3.63) is 59.4 Å². The van der Waals surface area contributed by atoms with Crippen LogP contribution in [0.2, 0.25) is 0 Å². The third kappa shape index (κ3) is 3.40. The Bertz CT molecular complexity index is 806. The third-order valence-corrected chi connectivity index (χ3v) is 4.25. The first kappa shape index (κ1) is 15.0. The van der Waals surface area contributed by atoms with Gasteiger partial charge in [0.25, 0.3) is 0 Å². The van der Waals surface area contributed by atoms with Gasteiger partial charge in [0.05, 0.1) is 11.4 Å². The maximum atomic E-state index is 13.5. The average molecular weight is 313 g/mol. The molecule has 1 aromatic carbocycles. The van der Waals surface area contributed by atoms with Crippen LogP contribution in [0.3, 0.4) is 0 Å². The van der Waals surface area contributed by atoms with E-state index in [-0.39, 0.29) is 11.4 Å². The highest BCUT2D eigenvalue weighted by molar-refractivity contribution is 7.90. The van der Waals surface area contributed by atoms with Gasteiger partial charge in [-0.25, -0.2) is 27.0 Å². The van der Waals surface area contributed by atoms with E-state index in [1.165, 1.54) is 18.2 Å². The molecule has 0 spiro atoms. The Kier molecular flexibility index (Phi) is 3.99. The molecule has 0 amide bonds. The minimum atomic E-state index is -4.18. The molecule has 0 unspecified atom stereocenters. The fraction of sp³-hybridized carbons (Fsp3) is 0.0769. The summed E-state index contributed by atoms with van der Waals surface area (Å²) in [6, 6.07) is 5.90. The van der Waals surface area contributed by atoms with Crippen molar-refractivity contribution in [2.75, 3.05) is 0 Å². The quantitative estimate of drug-likeness (QED) is 0.933. The predicted octanol–water partition coefficient (Wildman–Crippen LogP) is 2.03.